The molecule has 2 aromatic carbocycles. The van der Waals surface area contributed by atoms with Crippen molar-refractivity contribution in [1.29, 1.82) is 0 Å². The molecule has 0 aliphatic heterocycles. The van der Waals surface area contributed by atoms with Gasteiger partial charge in [-0.05, 0) is 42.5 Å². The molecule has 126 valence electrons. The van der Waals surface area contributed by atoms with E-state index in [9.17, 15) is 8.42 Å². The van der Waals surface area contributed by atoms with Crippen LogP contribution in [0.4, 0.5) is 0 Å². The highest BCUT2D eigenvalue weighted by atomic mass is 35.5. The van der Waals surface area contributed by atoms with Gasteiger partial charge in [-0.25, -0.2) is 13.4 Å². The quantitative estimate of drug-likeness (QED) is 0.681. The van der Waals surface area contributed by atoms with Crippen molar-refractivity contribution in [3.63, 3.8) is 0 Å². The van der Waals surface area contributed by atoms with Crippen LogP contribution in [-0.2, 0) is 10.0 Å². The summed E-state index contributed by atoms with van der Waals surface area (Å²) >= 11 is 5.88. The third-order valence-electron chi connectivity index (χ3n) is 3.79. The van der Waals surface area contributed by atoms with Crippen LogP contribution in [-0.4, -0.2) is 30.8 Å². The average molecular weight is 365 g/mol. The van der Waals surface area contributed by atoms with Gasteiger partial charge in [-0.3, -0.25) is 0 Å². The summed E-state index contributed by atoms with van der Waals surface area (Å²) in [7, 11) is -3.52. The lowest BCUT2D eigenvalue weighted by atomic mass is 10.2. The van der Waals surface area contributed by atoms with E-state index in [1.807, 2.05) is 13.8 Å². The number of aromatic nitrogens is 1. The Balaban J connectivity index is 2.05. The molecule has 1 aromatic heterocycles. The molecule has 0 saturated heterocycles. The minimum Gasteiger partial charge on any atom is -0.436 e. The first-order chi connectivity index (χ1) is 11.5. The van der Waals surface area contributed by atoms with Gasteiger partial charge in [0.15, 0.2) is 5.58 Å². The molecule has 0 radical (unpaired) electrons. The molecule has 0 saturated carbocycles. The van der Waals surface area contributed by atoms with E-state index in [0.29, 0.717) is 35.1 Å². The van der Waals surface area contributed by atoms with Gasteiger partial charge in [-0.2, -0.15) is 4.31 Å². The van der Waals surface area contributed by atoms with Gasteiger partial charge in [0.2, 0.25) is 15.9 Å². The summed E-state index contributed by atoms with van der Waals surface area (Å²) in [5, 5.41) is 0.627. The van der Waals surface area contributed by atoms with Gasteiger partial charge in [0.05, 0.1) is 4.90 Å². The van der Waals surface area contributed by atoms with E-state index in [1.165, 1.54) is 4.31 Å². The molecule has 0 aliphatic carbocycles. The van der Waals surface area contributed by atoms with Gasteiger partial charge in [-0.1, -0.05) is 25.4 Å². The van der Waals surface area contributed by atoms with Crippen LogP contribution in [0.1, 0.15) is 13.8 Å². The molecule has 3 rings (SSSR count). The highest BCUT2D eigenvalue weighted by Gasteiger charge is 2.22. The lowest BCUT2D eigenvalue weighted by Gasteiger charge is -2.18. The predicted molar refractivity (Wildman–Crippen MR) is 94.6 cm³/mol. The molecular weight excluding hydrogens is 348 g/mol. The Labute approximate surface area is 145 Å². The first-order valence-electron chi connectivity index (χ1n) is 7.62. The zero-order chi connectivity index (χ0) is 17.3. The van der Waals surface area contributed by atoms with Gasteiger partial charge in [-0.15, -0.1) is 0 Å². The topological polar surface area (TPSA) is 63.4 Å². The van der Waals surface area contributed by atoms with E-state index in [4.69, 9.17) is 16.0 Å². The minimum atomic E-state index is -3.52. The highest BCUT2D eigenvalue weighted by molar-refractivity contribution is 7.89. The number of oxazole rings is 1. The molecule has 24 heavy (non-hydrogen) atoms. The summed E-state index contributed by atoms with van der Waals surface area (Å²) in [5.74, 6) is 0.430. The first-order valence-corrected chi connectivity index (χ1v) is 9.44. The van der Waals surface area contributed by atoms with Gasteiger partial charge in [0.25, 0.3) is 0 Å². The summed E-state index contributed by atoms with van der Waals surface area (Å²) in [5.41, 5.74) is 1.83. The second-order valence-corrected chi connectivity index (χ2v) is 7.62. The standard InChI is InChI=1S/C17H17ClN2O3S/c1-3-20(4-2)24(21,22)14-9-10-16-15(11-14)19-17(23-16)12-5-7-13(18)8-6-12/h5-11H,3-4H2,1-2H3. The Bertz CT molecular complexity index is 961. The second-order valence-electron chi connectivity index (χ2n) is 5.24. The van der Waals surface area contributed by atoms with Crippen LogP contribution in [0.25, 0.3) is 22.6 Å². The van der Waals surface area contributed by atoms with Crippen LogP contribution >= 0.6 is 11.6 Å². The summed E-state index contributed by atoms with van der Waals surface area (Å²) in [6.07, 6.45) is 0. The van der Waals surface area contributed by atoms with Crippen LogP contribution in [0.5, 0.6) is 0 Å². The zero-order valence-electron chi connectivity index (χ0n) is 13.4. The fourth-order valence-corrected chi connectivity index (χ4v) is 4.10. The molecule has 0 spiro atoms. The van der Waals surface area contributed by atoms with Crippen LogP contribution < -0.4 is 0 Å². The first kappa shape index (κ1) is 17.0. The number of hydrogen-bond donors (Lipinski definition) is 0. The molecule has 0 bridgehead atoms. The van der Waals surface area contributed by atoms with Crippen molar-refractivity contribution in [2.24, 2.45) is 0 Å². The zero-order valence-corrected chi connectivity index (χ0v) is 14.9. The van der Waals surface area contributed by atoms with E-state index in [0.717, 1.165) is 5.56 Å². The number of rotatable bonds is 5. The highest BCUT2D eigenvalue weighted by Crippen LogP contribution is 2.27. The van der Waals surface area contributed by atoms with E-state index in [-0.39, 0.29) is 4.90 Å². The fraction of sp³-hybridized carbons (Fsp3) is 0.235. The van der Waals surface area contributed by atoms with Gasteiger partial charge < -0.3 is 4.42 Å². The predicted octanol–water partition coefficient (Wildman–Crippen LogP) is 4.18. The Morgan fingerprint density at radius 2 is 1.75 bits per heavy atom. The van der Waals surface area contributed by atoms with Crippen molar-refractivity contribution in [2.75, 3.05) is 13.1 Å². The van der Waals surface area contributed by atoms with Crippen molar-refractivity contribution >= 4 is 32.7 Å². The largest absolute Gasteiger partial charge is 0.436 e. The van der Waals surface area contributed by atoms with E-state index >= 15 is 0 Å². The maximum absolute atomic E-state index is 12.6. The molecule has 0 aliphatic rings. The monoisotopic (exact) mass is 364 g/mol. The number of nitrogens with zero attached hydrogens (tertiary/aromatic N) is 2. The van der Waals surface area contributed by atoms with Crippen molar-refractivity contribution in [3.05, 3.63) is 47.5 Å². The number of halogens is 1. The SMILES string of the molecule is CCN(CC)S(=O)(=O)c1ccc2oc(-c3ccc(Cl)cc3)nc2c1. The lowest BCUT2D eigenvalue weighted by Crippen LogP contribution is -2.30. The summed E-state index contributed by atoms with van der Waals surface area (Å²) in [6, 6.07) is 11.8. The average Bonchev–Trinajstić information content (AvgIpc) is 2.99. The normalized spacial score (nSPS) is 12.2. The fourth-order valence-electron chi connectivity index (χ4n) is 2.50. The van der Waals surface area contributed by atoms with Gasteiger partial charge >= 0.3 is 0 Å². The lowest BCUT2D eigenvalue weighted by molar-refractivity contribution is 0.445. The van der Waals surface area contributed by atoms with Crippen LogP contribution in [0, 0.1) is 0 Å². The Kier molecular flexibility index (Phi) is 4.62. The van der Waals surface area contributed by atoms with Gasteiger partial charge in [0.1, 0.15) is 5.52 Å². The van der Waals surface area contributed by atoms with Crippen molar-refractivity contribution in [2.45, 2.75) is 18.7 Å². The summed E-state index contributed by atoms with van der Waals surface area (Å²) < 4.78 is 32.3. The maximum Gasteiger partial charge on any atom is 0.243 e. The Morgan fingerprint density at radius 1 is 1.08 bits per heavy atom. The third-order valence-corrected chi connectivity index (χ3v) is 6.09. The van der Waals surface area contributed by atoms with Crippen LogP contribution in [0.3, 0.4) is 0 Å². The number of sulfonamides is 1. The van der Waals surface area contributed by atoms with Crippen molar-refractivity contribution in [1.82, 2.24) is 9.29 Å². The van der Waals surface area contributed by atoms with Crippen LogP contribution in [0.2, 0.25) is 5.02 Å². The number of fused-ring (bicyclic) bond motifs is 1. The van der Waals surface area contributed by atoms with Gasteiger partial charge in [0, 0.05) is 23.7 Å². The molecule has 0 atom stereocenters. The summed E-state index contributed by atoms with van der Waals surface area (Å²) in [4.78, 5) is 4.62. The third kappa shape index (κ3) is 3.05. The van der Waals surface area contributed by atoms with E-state index in [1.54, 1.807) is 42.5 Å². The molecule has 0 fully saturated rings. The van der Waals surface area contributed by atoms with E-state index < -0.39 is 10.0 Å². The second kappa shape index (κ2) is 6.55. The molecule has 3 aromatic rings. The Hall–Kier alpha value is -1.89. The molecule has 7 heteroatoms. The molecule has 0 N–H and O–H groups in total. The minimum absolute atomic E-state index is 0.217. The molecule has 0 amide bonds. The van der Waals surface area contributed by atoms with E-state index in [2.05, 4.69) is 4.98 Å². The molecule has 5 nitrogen and oxygen atoms in total. The number of benzene rings is 2. The molecule has 0 unspecified atom stereocenters. The molecule has 1 heterocycles. The van der Waals surface area contributed by atoms with Crippen molar-refractivity contribution in [3.8, 4) is 11.5 Å². The Morgan fingerprint density at radius 3 is 2.38 bits per heavy atom. The summed E-state index contributed by atoms with van der Waals surface area (Å²) in [6.45, 7) is 4.47. The van der Waals surface area contributed by atoms with Crippen molar-refractivity contribution < 1.29 is 12.8 Å². The number of hydrogen-bond acceptors (Lipinski definition) is 4. The van der Waals surface area contributed by atoms with Crippen LogP contribution in [0.15, 0.2) is 51.8 Å². The maximum atomic E-state index is 12.6. The molecular formula is C17H17ClN2O3S. The smallest absolute Gasteiger partial charge is 0.243 e.